The van der Waals surface area contributed by atoms with Gasteiger partial charge in [-0.15, -0.1) is 0 Å². The van der Waals surface area contributed by atoms with Gasteiger partial charge in [-0.2, -0.15) is 0 Å². The summed E-state index contributed by atoms with van der Waals surface area (Å²) in [6.07, 6.45) is 6.00. The standard InChI is InChI=1S/C29H39NO8S/c1-27(2,33)8-5-10-29(34,16-23(31)39-4)26(32)38-25-22(35-3)15-28-9-6-11-30(28)12-7-18-13-20-21(37-17-36-20)14-19(18)24(25)28/h13-15,24-25,33-34H,5-12,16-17H2,1-4H3/t24-,25?,28-,29-/m1/s1. The molecule has 10 heteroatoms. The Morgan fingerprint density at radius 1 is 1.18 bits per heavy atom. The molecule has 39 heavy (non-hydrogen) atoms. The van der Waals surface area contributed by atoms with E-state index in [1.54, 1.807) is 27.2 Å². The molecule has 4 aliphatic rings. The molecule has 4 atom stereocenters. The highest BCUT2D eigenvalue weighted by molar-refractivity contribution is 8.13. The number of carbonyl (C=O) groups excluding carboxylic acids is 2. The first-order valence-corrected chi connectivity index (χ1v) is 14.9. The Morgan fingerprint density at radius 3 is 2.62 bits per heavy atom. The van der Waals surface area contributed by atoms with E-state index in [0.29, 0.717) is 30.1 Å². The van der Waals surface area contributed by atoms with Crippen molar-refractivity contribution < 1.29 is 38.7 Å². The molecule has 1 unspecified atom stereocenters. The summed E-state index contributed by atoms with van der Waals surface area (Å²) in [7, 11) is 1.57. The van der Waals surface area contributed by atoms with Crippen LogP contribution in [0.25, 0.3) is 0 Å². The first-order chi connectivity index (χ1) is 18.5. The fraction of sp³-hybridized carbons (Fsp3) is 0.655. The zero-order valence-corrected chi connectivity index (χ0v) is 24.0. The van der Waals surface area contributed by atoms with E-state index in [-0.39, 0.29) is 30.7 Å². The fourth-order valence-corrected chi connectivity index (χ4v) is 7.09. The summed E-state index contributed by atoms with van der Waals surface area (Å²) in [6, 6.07) is 4.04. The monoisotopic (exact) mass is 561 g/mol. The molecular weight excluding hydrogens is 522 g/mol. The minimum absolute atomic E-state index is 0.00190. The summed E-state index contributed by atoms with van der Waals surface area (Å²) < 4.78 is 23.4. The van der Waals surface area contributed by atoms with E-state index >= 15 is 0 Å². The van der Waals surface area contributed by atoms with Crippen LogP contribution >= 0.6 is 11.8 Å². The van der Waals surface area contributed by atoms with E-state index in [2.05, 4.69) is 11.0 Å². The van der Waals surface area contributed by atoms with Crippen molar-refractivity contribution in [3.05, 3.63) is 35.1 Å². The maximum Gasteiger partial charge on any atom is 0.339 e. The largest absolute Gasteiger partial charge is 0.497 e. The molecule has 0 radical (unpaired) electrons. The quantitative estimate of drug-likeness (QED) is 0.435. The average Bonchev–Trinajstić information content (AvgIpc) is 3.56. The molecule has 0 amide bonds. The van der Waals surface area contributed by atoms with E-state index in [9.17, 15) is 19.8 Å². The van der Waals surface area contributed by atoms with Crippen LogP contribution in [0.3, 0.4) is 0 Å². The molecule has 1 aromatic rings. The fourth-order valence-electron chi connectivity index (χ4n) is 6.71. The third-order valence-electron chi connectivity index (χ3n) is 8.62. The summed E-state index contributed by atoms with van der Waals surface area (Å²) in [6.45, 7) is 5.29. The van der Waals surface area contributed by atoms with Crippen molar-refractivity contribution in [2.24, 2.45) is 0 Å². The van der Waals surface area contributed by atoms with Gasteiger partial charge in [0.15, 0.2) is 28.3 Å². The second-order valence-electron chi connectivity index (χ2n) is 11.7. The minimum Gasteiger partial charge on any atom is -0.497 e. The summed E-state index contributed by atoms with van der Waals surface area (Å²) in [5.74, 6) is 0.804. The van der Waals surface area contributed by atoms with Crippen molar-refractivity contribution in [3.63, 3.8) is 0 Å². The van der Waals surface area contributed by atoms with Gasteiger partial charge in [0.2, 0.25) is 6.79 Å². The summed E-state index contributed by atoms with van der Waals surface area (Å²) in [4.78, 5) is 28.7. The zero-order chi connectivity index (χ0) is 28.0. The number of nitrogens with zero attached hydrogens (tertiary/aromatic N) is 1. The van der Waals surface area contributed by atoms with Crippen LogP contribution in [0.1, 0.15) is 69.4 Å². The zero-order valence-electron chi connectivity index (χ0n) is 23.2. The SMILES string of the molecule is COC1=C[C@@]23CCCN2CCc2cc4c(cc2[C@@H]3C1OC(=O)[C@@](O)(CCCC(C)(C)O)CC(=O)SC)OCO4. The Hall–Kier alpha value is -2.27. The van der Waals surface area contributed by atoms with Crippen molar-refractivity contribution in [2.75, 3.05) is 33.2 Å². The lowest BCUT2D eigenvalue weighted by Gasteiger charge is -2.39. The Kier molecular flexibility index (Phi) is 7.69. The highest BCUT2D eigenvalue weighted by Crippen LogP contribution is 2.55. The number of hydrogen-bond acceptors (Lipinski definition) is 10. The third kappa shape index (κ3) is 5.28. The van der Waals surface area contributed by atoms with E-state index in [1.807, 2.05) is 12.1 Å². The highest BCUT2D eigenvalue weighted by Gasteiger charge is 2.59. The van der Waals surface area contributed by atoms with Gasteiger partial charge in [0.25, 0.3) is 0 Å². The molecule has 1 saturated heterocycles. The maximum absolute atomic E-state index is 13.8. The molecule has 2 N–H and O–H groups in total. The van der Waals surface area contributed by atoms with Gasteiger partial charge >= 0.3 is 5.97 Å². The second kappa shape index (κ2) is 10.6. The van der Waals surface area contributed by atoms with E-state index in [0.717, 1.165) is 55.2 Å². The molecule has 1 spiro atoms. The summed E-state index contributed by atoms with van der Waals surface area (Å²) >= 11 is 0.966. The number of esters is 1. The second-order valence-corrected chi connectivity index (χ2v) is 12.6. The van der Waals surface area contributed by atoms with Gasteiger partial charge in [-0.3, -0.25) is 9.69 Å². The van der Waals surface area contributed by atoms with Gasteiger partial charge < -0.3 is 29.2 Å². The van der Waals surface area contributed by atoms with Crippen molar-refractivity contribution >= 4 is 22.8 Å². The topological polar surface area (TPSA) is 115 Å². The maximum atomic E-state index is 13.8. The lowest BCUT2D eigenvalue weighted by atomic mass is 9.77. The molecule has 3 heterocycles. The van der Waals surface area contributed by atoms with Gasteiger partial charge in [0.05, 0.1) is 30.6 Å². The molecule has 0 aromatic heterocycles. The molecule has 1 fully saturated rings. The normalized spacial score (nSPS) is 27.1. The van der Waals surface area contributed by atoms with E-state index in [4.69, 9.17) is 18.9 Å². The van der Waals surface area contributed by atoms with Crippen LogP contribution in [0.5, 0.6) is 11.5 Å². The van der Waals surface area contributed by atoms with Gasteiger partial charge in [-0.05, 0) is 94.5 Å². The van der Waals surface area contributed by atoms with Gasteiger partial charge in [0, 0.05) is 6.54 Å². The molecule has 0 bridgehead atoms. The first-order valence-electron chi connectivity index (χ1n) is 13.7. The van der Waals surface area contributed by atoms with Crippen LogP contribution in [-0.4, -0.2) is 82.3 Å². The van der Waals surface area contributed by atoms with Gasteiger partial charge in [-0.25, -0.2) is 4.79 Å². The summed E-state index contributed by atoms with van der Waals surface area (Å²) in [5.41, 5.74) is -1.24. The van der Waals surface area contributed by atoms with Crippen molar-refractivity contribution in [3.8, 4) is 11.5 Å². The number of thioether (sulfide) groups is 1. The van der Waals surface area contributed by atoms with Gasteiger partial charge in [0.1, 0.15) is 5.76 Å². The summed E-state index contributed by atoms with van der Waals surface area (Å²) in [5, 5.41) is 21.4. The lowest BCUT2D eigenvalue weighted by Crippen LogP contribution is -2.49. The molecule has 5 rings (SSSR count). The van der Waals surface area contributed by atoms with Crippen molar-refractivity contribution in [1.82, 2.24) is 4.90 Å². The van der Waals surface area contributed by atoms with Crippen LogP contribution in [0, 0.1) is 0 Å². The number of carbonyl (C=O) groups is 2. The van der Waals surface area contributed by atoms with Crippen LogP contribution in [0.4, 0.5) is 0 Å². The minimum atomic E-state index is -2.02. The number of fused-ring (bicyclic) bond motifs is 3. The van der Waals surface area contributed by atoms with Gasteiger partial charge in [-0.1, -0.05) is 11.8 Å². The van der Waals surface area contributed by atoms with Crippen LogP contribution < -0.4 is 9.47 Å². The van der Waals surface area contributed by atoms with E-state index in [1.165, 1.54) is 0 Å². The smallest absolute Gasteiger partial charge is 0.339 e. The molecular formula is C29H39NO8S. The van der Waals surface area contributed by atoms with Crippen LogP contribution in [0.2, 0.25) is 0 Å². The molecule has 3 aliphatic heterocycles. The van der Waals surface area contributed by atoms with E-state index < -0.39 is 28.8 Å². The van der Waals surface area contributed by atoms with Crippen molar-refractivity contribution in [2.45, 2.75) is 87.6 Å². The number of aliphatic hydroxyl groups is 2. The number of hydrogen-bond donors (Lipinski definition) is 2. The lowest BCUT2D eigenvalue weighted by molar-refractivity contribution is -0.175. The average molecular weight is 562 g/mol. The highest BCUT2D eigenvalue weighted by atomic mass is 32.2. The number of methoxy groups -OCH3 is 1. The molecule has 0 saturated carbocycles. The third-order valence-corrected chi connectivity index (χ3v) is 9.22. The predicted molar refractivity (Wildman–Crippen MR) is 146 cm³/mol. The Bertz CT molecular complexity index is 1160. The Morgan fingerprint density at radius 2 is 1.92 bits per heavy atom. The molecule has 1 aliphatic carbocycles. The first kappa shape index (κ1) is 28.3. The number of ether oxygens (including phenoxy) is 4. The number of benzene rings is 1. The van der Waals surface area contributed by atoms with Crippen LogP contribution in [-0.2, 0) is 25.5 Å². The molecule has 214 valence electrons. The predicted octanol–water partition coefficient (Wildman–Crippen LogP) is 3.30. The molecule has 9 nitrogen and oxygen atoms in total. The van der Waals surface area contributed by atoms with Crippen molar-refractivity contribution in [1.29, 1.82) is 0 Å². The molecule has 1 aromatic carbocycles. The Balaban J connectivity index is 1.50. The Labute approximate surface area is 233 Å². The number of rotatable bonds is 9. The van der Waals surface area contributed by atoms with Crippen LogP contribution in [0.15, 0.2) is 24.0 Å².